The Labute approximate surface area is 177 Å². The summed E-state index contributed by atoms with van der Waals surface area (Å²) in [6, 6.07) is 3.92. The lowest BCUT2D eigenvalue weighted by atomic mass is 9.99. The third kappa shape index (κ3) is 6.48. The van der Waals surface area contributed by atoms with Crippen molar-refractivity contribution in [3.8, 4) is 11.5 Å². The summed E-state index contributed by atoms with van der Waals surface area (Å²) in [4.78, 5) is 12.1. The summed E-state index contributed by atoms with van der Waals surface area (Å²) in [6.45, 7) is 2.00. The second kappa shape index (κ2) is 11.2. The van der Waals surface area contributed by atoms with Gasteiger partial charge in [-0.1, -0.05) is 12.6 Å². The van der Waals surface area contributed by atoms with Crippen LogP contribution in [0.2, 0.25) is 0 Å². The first-order chi connectivity index (χ1) is 14.7. The minimum Gasteiger partial charge on any atom is -0.504 e. The Morgan fingerprint density at radius 3 is 2.45 bits per heavy atom. The van der Waals surface area contributed by atoms with Crippen molar-refractivity contribution in [1.29, 1.82) is 0 Å². The summed E-state index contributed by atoms with van der Waals surface area (Å²) in [5.41, 5.74) is 0.482. The number of carbonyl (C=O) groups is 1. The number of hydrogen-bond donors (Lipinski definition) is 7. The Hall–Kier alpha value is -2.51. The zero-order valence-corrected chi connectivity index (χ0v) is 16.4. The molecule has 0 amide bonds. The average molecular weight is 442 g/mol. The molecule has 1 saturated heterocycles. The highest BCUT2D eigenvalue weighted by atomic mass is 16.7. The Morgan fingerprint density at radius 1 is 1.13 bits per heavy atom. The number of aliphatic hydroxyl groups is 5. The van der Waals surface area contributed by atoms with Crippen molar-refractivity contribution in [2.24, 2.45) is 0 Å². The third-order valence-electron chi connectivity index (χ3n) is 4.59. The number of hydrogen-bond acceptors (Lipinski definition) is 11. The maximum atomic E-state index is 12.1. The molecule has 172 valence electrons. The van der Waals surface area contributed by atoms with Crippen molar-refractivity contribution >= 4 is 12.0 Å². The summed E-state index contributed by atoms with van der Waals surface area (Å²) in [6.07, 6.45) is -6.24. The molecule has 1 aliphatic rings. The lowest BCUT2D eigenvalue weighted by Gasteiger charge is -2.39. The van der Waals surface area contributed by atoms with Gasteiger partial charge >= 0.3 is 5.97 Å². The number of esters is 1. The minimum atomic E-state index is -1.64. The number of phenols is 2. The van der Waals surface area contributed by atoms with Crippen molar-refractivity contribution in [2.75, 3.05) is 19.8 Å². The lowest BCUT2D eigenvalue weighted by molar-refractivity contribution is -0.304. The molecule has 31 heavy (non-hydrogen) atoms. The molecule has 1 aliphatic heterocycles. The molecule has 0 spiro atoms. The second-order valence-electron chi connectivity index (χ2n) is 6.85. The molecule has 1 heterocycles. The molecule has 6 atom stereocenters. The Balaban J connectivity index is 2.00. The van der Waals surface area contributed by atoms with Gasteiger partial charge in [-0.2, -0.15) is 0 Å². The maximum Gasteiger partial charge on any atom is 0.331 e. The van der Waals surface area contributed by atoms with Crippen LogP contribution in [0.4, 0.5) is 0 Å². The highest BCUT2D eigenvalue weighted by Crippen LogP contribution is 2.25. The van der Waals surface area contributed by atoms with Gasteiger partial charge in [-0.15, -0.1) is 0 Å². The van der Waals surface area contributed by atoms with Gasteiger partial charge in [0.2, 0.25) is 0 Å². The van der Waals surface area contributed by atoms with Crippen LogP contribution in [0.15, 0.2) is 36.4 Å². The summed E-state index contributed by atoms with van der Waals surface area (Å²) in [7, 11) is 0. The molecule has 1 aromatic rings. The number of phenolic OH excluding ortho intramolecular Hbond substituents is 2. The Kier molecular flexibility index (Phi) is 8.95. The smallest absolute Gasteiger partial charge is 0.331 e. The van der Waals surface area contributed by atoms with Crippen LogP contribution in [-0.4, -0.2) is 98.3 Å². The zero-order valence-electron chi connectivity index (χ0n) is 16.4. The molecule has 3 unspecified atom stereocenters. The normalized spacial score (nSPS) is 27.2. The van der Waals surface area contributed by atoms with Crippen molar-refractivity contribution in [2.45, 2.75) is 36.8 Å². The summed E-state index contributed by atoms with van der Waals surface area (Å²) in [5, 5.41) is 66.9. The van der Waals surface area contributed by atoms with E-state index in [1.54, 1.807) is 0 Å². The van der Waals surface area contributed by atoms with Gasteiger partial charge in [-0.3, -0.25) is 0 Å². The summed E-state index contributed by atoms with van der Waals surface area (Å²) >= 11 is 0. The first-order valence-electron chi connectivity index (χ1n) is 9.29. The largest absolute Gasteiger partial charge is 0.504 e. The molecule has 0 aromatic heterocycles. The van der Waals surface area contributed by atoms with Gasteiger partial charge in [0.1, 0.15) is 30.5 Å². The van der Waals surface area contributed by atoms with Gasteiger partial charge in [-0.05, 0) is 29.3 Å². The number of aromatic hydroxyl groups is 2. The van der Waals surface area contributed by atoms with Crippen LogP contribution in [0.1, 0.15) is 5.56 Å². The fourth-order valence-electron chi connectivity index (χ4n) is 2.71. The van der Waals surface area contributed by atoms with Crippen LogP contribution in [0.3, 0.4) is 0 Å². The minimum absolute atomic E-state index is 0.0774. The standard InChI is InChI=1S/C20H26O11/c1-10(7-21)15(9-29-20-19(28)18(27)17(26)14(8-22)31-20)30-16(25)5-3-11-2-4-12(23)13(24)6-11/h2-6,14-15,17-24,26-28H,1,7-9H2/b5-3+/t14?,15?,17-,18-,19?,20+/m0/s1. The molecule has 0 radical (unpaired) electrons. The number of benzene rings is 1. The molecule has 11 nitrogen and oxygen atoms in total. The van der Waals surface area contributed by atoms with Crippen LogP contribution in [0, 0.1) is 0 Å². The molecule has 0 saturated carbocycles. The first-order valence-corrected chi connectivity index (χ1v) is 9.29. The van der Waals surface area contributed by atoms with E-state index in [4.69, 9.17) is 14.2 Å². The number of aliphatic hydroxyl groups excluding tert-OH is 5. The van der Waals surface area contributed by atoms with Gasteiger partial charge < -0.3 is 50.0 Å². The van der Waals surface area contributed by atoms with Crippen molar-refractivity contribution in [3.05, 3.63) is 42.0 Å². The molecule has 2 rings (SSSR count). The predicted molar refractivity (Wildman–Crippen MR) is 105 cm³/mol. The van der Waals surface area contributed by atoms with Gasteiger partial charge in [-0.25, -0.2) is 4.79 Å². The SMILES string of the molecule is C=C(CO)C(CO[C@@H]1OC(CO)[C@H](O)[C@H](O)C1O)OC(=O)/C=C/c1ccc(O)c(O)c1. The molecule has 7 N–H and O–H groups in total. The van der Waals surface area contributed by atoms with E-state index in [1.807, 2.05) is 0 Å². The van der Waals surface area contributed by atoms with E-state index < -0.39 is 62.6 Å². The number of ether oxygens (including phenoxy) is 3. The molecule has 0 bridgehead atoms. The third-order valence-corrected chi connectivity index (χ3v) is 4.59. The van der Waals surface area contributed by atoms with Gasteiger partial charge in [0, 0.05) is 6.08 Å². The van der Waals surface area contributed by atoms with E-state index in [2.05, 4.69) is 6.58 Å². The van der Waals surface area contributed by atoms with Crippen molar-refractivity contribution in [3.63, 3.8) is 0 Å². The molecule has 1 aromatic carbocycles. The number of rotatable bonds is 9. The van der Waals surface area contributed by atoms with E-state index in [1.165, 1.54) is 24.3 Å². The zero-order chi connectivity index (χ0) is 23.1. The Bertz CT molecular complexity index is 791. The van der Waals surface area contributed by atoms with E-state index in [0.29, 0.717) is 5.56 Å². The van der Waals surface area contributed by atoms with Crippen LogP contribution >= 0.6 is 0 Å². The van der Waals surface area contributed by atoms with Crippen LogP contribution in [0.25, 0.3) is 6.08 Å². The van der Waals surface area contributed by atoms with Crippen molar-refractivity contribution in [1.82, 2.24) is 0 Å². The Morgan fingerprint density at radius 2 is 1.84 bits per heavy atom. The van der Waals surface area contributed by atoms with E-state index in [-0.39, 0.29) is 17.1 Å². The molecule has 11 heteroatoms. The van der Waals surface area contributed by atoms with E-state index in [0.717, 1.165) is 6.08 Å². The van der Waals surface area contributed by atoms with Gasteiger partial charge in [0.05, 0.1) is 19.8 Å². The molecule has 0 aliphatic carbocycles. The van der Waals surface area contributed by atoms with Crippen LogP contribution in [0.5, 0.6) is 11.5 Å². The number of carbonyl (C=O) groups excluding carboxylic acids is 1. The lowest BCUT2D eigenvalue weighted by Crippen LogP contribution is -2.59. The first kappa shape index (κ1) is 24.8. The molecular weight excluding hydrogens is 416 g/mol. The average Bonchev–Trinajstić information content (AvgIpc) is 2.76. The highest BCUT2D eigenvalue weighted by molar-refractivity contribution is 5.87. The van der Waals surface area contributed by atoms with Crippen molar-refractivity contribution < 1.29 is 54.8 Å². The van der Waals surface area contributed by atoms with Crippen LogP contribution < -0.4 is 0 Å². The predicted octanol–water partition coefficient (Wildman–Crippen LogP) is -1.61. The fourth-order valence-corrected chi connectivity index (χ4v) is 2.71. The topological polar surface area (TPSA) is 186 Å². The second-order valence-corrected chi connectivity index (χ2v) is 6.85. The van der Waals surface area contributed by atoms with Gasteiger partial charge in [0.15, 0.2) is 17.8 Å². The van der Waals surface area contributed by atoms with Crippen LogP contribution in [-0.2, 0) is 19.0 Å². The van der Waals surface area contributed by atoms with Gasteiger partial charge in [0.25, 0.3) is 0 Å². The summed E-state index contributed by atoms with van der Waals surface area (Å²) in [5.74, 6) is -1.52. The van der Waals surface area contributed by atoms with E-state index >= 15 is 0 Å². The summed E-state index contributed by atoms with van der Waals surface area (Å²) < 4.78 is 15.7. The quantitative estimate of drug-likeness (QED) is 0.101. The fraction of sp³-hybridized carbons (Fsp3) is 0.450. The van der Waals surface area contributed by atoms with E-state index in [9.17, 15) is 40.5 Å². The molecular formula is C20H26O11. The monoisotopic (exact) mass is 442 g/mol. The maximum absolute atomic E-state index is 12.1. The molecule has 1 fully saturated rings. The highest BCUT2D eigenvalue weighted by Gasteiger charge is 2.44.